The standard InChI is InChI=1S/C17H15BrN2O/c18-16-9-5-4-8-14(16)12-20-17(21)15(11-19)10-13-6-2-1-3-7-13/h1-9,15H,10,12H2,(H,20,21). The number of hydrogen-bond donors (Lipinski definition) is 1. The summed E-state index contributed by atoms with van der Waals surface area (Å²) in [6, 6.07) is 19.3. The van der Waals surface area contributed by atoms with E-state index < -0.39 is 5.92 Å². The maximum absolute atomic E-state index is 12.1. The molecule has 3 nitrogen and oxygen atoms in total. The zero-order valence-electron chi connectivity index (χ0n) is 11.4. The highest BCUT2D eigenvalue weighted by molar-refractivity contribution is 9.10. The third-order valence-corrected chi connectivity index (χ3v) is 3.94. The van der Waals surface area contributed by atoms with Gasteiger partial charge in [0.2, 0.25) is 5.91 Å². The van der Waals surface area contributed by atoms with Crippen molar-refractivity contribution in [2.24, 2.45) is 5.92 Å². The highest BCUT2D eigenvalue weighted by Crippen LogP contribution is 2.16. The van der Waals surface area contributed by atoms with Crippen LogP contribution in [0.3, 0.4) is 0 Å². The van der Waals surface area contributed by atoms with Gasteiger partial charge < -0.3 is 5.32 Å². The Morgan fingerprint density at radius 2 is 1.81 bits per heavy atom. The number of hydrogen-bond acceptors (Lipinski definition) is 2. The van der Waals surface area contributed by atoms with Crippen molar-refractivity contribution in [1.29, 1.82) is 5.26 Å². The zero-order valence-corrected chi connectivity index (χ0v) is 13.0. The van der Waals surface area contributed by atoms with Gasteiger partial charge in [-0.1, -0.05) is 64.5 Å². The predicted octanol–water partition coefficient (Wildman–Crippen LogP) is 3.45. The van der Waals surface area contributed by atoms with Gasteiger partial charge in [-0.3, -0.25) is 4.79 Å². The molecular weight excluding hydrogens is 328 g/mol. The second kappa shape index (κ2) is 7.61. The average molecular weight is 343 g/mol. The van der Waals surface area contributed by atoms with Crippen LogP contribution in [0.25, 0.3) is 0 Å². The molecule has 2 aromatic carbocycles. The van der Waals surface area contributed by atoms with Crippen molar-refractivity contribution in [2.45, 2.75) is 13.0 Å². The van der Waals surface area contributed by atoms with E-state index in [9.17, 15) is 10.1 Å². The Hall–Kier alpha value is -2.12. The van der Waals surface area contributed by atoms with Crippen molar-refractivity contribution < 1.29 is 4.79 Å². The Morgan fingerprint density at radius 1 is 1.14 bits per heavy atom. The topological polar surface area (TPSA) is 52.9 Å². The number of carbonyl (C=O) groups excluding carboxylic acids is 1. The third kappa shape index (κ3) is 4.44. The lowest BCUT2D eigenvalue weighted by molar-refractivity contribution is -0.123. The molecule has 0 aliphatic heterocycles. The van der Waals surface area contributed by atoms with Gasteiger partial charge in [0.1, 0.15) is 5.92 Å². The highest BCUT2D eigenvalue weighted by atomic mass is 79.9. The summed E-state index contributed by atoms with van der Waals surface area (Å²) >= 11 is 3.44. The minimum Gasteiger partial charge on any atom is -0.351 e. The zero-order chi connectivity index (χ0) is 15.1. The molecule has 1 atom stereocenters. The van der Waals surface area contributed by atoms with Crippen LogP contribution in [-0.2, 0) is 17.8 Å². The Kier molecular flexibility index (Phi) is 5.53. The molecule has 106 valence electrons. The molecule has 0 aliphatic rings. The van der Waals surface area contributed by atoms with Crippen molar-refractivity contribution >= 4 is 21.8 Å². The van der Waals surface area contributed by atoms with Gasteiger partial charge in [0.25, 0.3) is 0 Å². The van der Waals surface area contributed by atoms with Crippen LogP contribution in [0.1, 0.15) is 11.1 Å². The molecule has 4 heteroatoms. The van der Waals surface area contributed by atoms with Crippen LogP contribution >= 0.6 is 15.9 Å². The molecule has 0 fully saturated rings. The summed E-state index contributed by atoms with van der Waals surface area (Å²) in [6.07, 6.45) is 0.430. The minimum atomic E-state index is -0.671. The van der Waals surface area contributed by atoms with E-state index in [0.29, 0.717) is 13.0 Å². The van der Waals surface area contributed by atoms with E-state index in [-0.39, 0.29) is 5.91 Å². The lowest BCUT2D eigenvalue weighted by atomic mass is 10.00. The fourth-order valence-electron chi connectivity index (χ4n) is 1.99. The molecule has 0 saturated heterocycles. The second-order valence-corrected chi connectivity index (χ2v) is 5.53. The quantitative estimate of drug-likeness (QED) is 0.904. The van der Waals surface area contributed by atoms with E-state index in [0.717, 1.165) is 15.6 Å². The number of amides is 1. The van der Waals surface area contributed by atoms with Gasteiger partial charge in [0.15, 0.2) is 0 Å². The maximum Gasteiger partial charge on any atom is 0.237 e. The van der Waals surface area contributed by atoms with E-state index in [4.69, 9.17) is 0 Å². The summed E-state index contributed by atoms with van der Waals surface area (Å²) in [4.78, 5) is 12.1. The van der Waals surface area contributed by atoms with Gasteiger partial charge in [-0.15, -0.1) is 0 Å². The van der Waals surface area contributed by atoms with Gasteiger partial charge in [-0.05, 0) is 23.6 Å². The molecule has 0 bridgehead atoms. The lowest BCUT2D eigenvalue weighted by Crippen LogP contribution is -2.30. The van der Waals surface area contributed by atoms with Gasteiger partial charge in [-0.2, -0.15) is 5.26 Å². The Bertz CT molecular complexity index is 649. The lowest BCUT2D eigenvalue weighted by Gasteiger charge is -2.11. The molecule has 2 aromatic rings. The molecule has 0 radical (unpaired) electrons. The first-order valence-electron chi connectivity index (χ1n) is 6.65. The van der Waals surface area contributed by atoms with E-state index in [1.165, 1.54) is 0 Å². The molecule has 1 amide bonds. The minimum absolute atomic E-state index is 0.239. The second-order valence-electron chi connectivity index (χ2n) is 4.68. The first-order chi connectivity index (χ1) is 10.2. The summed E-state index contributed by atoms with van der Waals surface area (Å²) in [7, 11) is 0. The van der Waals surface area contributed by atoms with Gasteiger partial charge in [0.05, 0.1) is 6.07 Å². The third-order valence-electron chi connectivity index (χ3n) is 3.17. The SMILES string of the molecule is N#CC(Cc1ccccc1)C(=O)NCc1ccccc1Br. The molecule has 0 saturated carbocycles. The van der Waals surface area contributed by atoms with Crippen LogP contribution in [0.4, 0.5) is 0 Å². The van der Waals surface area contributed by atoms with Crippen LogP contribution in [0.2, 0.25) is 0 Å². The largest absolute Gasteiger partial charge is 0.351 e. The fourth-order valence-corrected chi connectivity index (χ4v) is 2.42. The number of rotatable bonds is 5. The molecule has 0 spiro atoms. The monoisotopic (exact) mass is 342 g/mol. The Balaban J connectivity index is 1.95. The van der Waals surface area contributed by atoms with Crippen LogP contribution in [0.5, 0.6) is 0 Å². The van der Waals surface area contributed by atoms with Crippen LogP contribution < -0.4 is 5.32 Å². The number of carbonyl (C=O) groups is 1. The number of nitriles is 1. The van der Waals surface area contributed by atoms with E-state index in [1.807, 2.05) is 54.6 Å². The normalized spacial score (nSPS) is 11.4. The number of benzene rings is 2. The van der Waals surface area contributed by atoms with Crippen molar-refractivity contribution in [3.63, 3.8) is 0 Å². The van der Waals surface area contributed by atoms with Crippen molar-refractivity contribution in [3.05, 3.63) is 70.2 Å². The first kappa shape index (κ1) is 15.3. The van der Waals surface area contributed by atoms with E-state index >= 15 is 0 Å². The Morgan fingerprint density at radius 3 is 2.48 bits per heavy atom. The highest BCUT2D eigenvalue weighted by Gasteiger charge is 2.18. The number of halogens is 1. The smallest absolute Gasteiger partial charge is 0.237 e. The number of nitrogens with one attached hydrogen (secondary N) is 1. The number of nitrogens with zero attached hydrogens (tertiary/aromatic N) is 1. The predicted molar refractivity (Wildman–Crippen MR) is 85.2 cm³/mol. The molecule has 21 heavy (non-hydrogen) atoms. The van der Waals surface area contributed by atoms with Crippen molar-refractivity contribution in [3.8, 4) is 6.07 Å². The summed E-state index contributed by atoms with van der Waals surface area (Å²) in [5.74, 6) is -0.910. The fraction of sp³-hybridized carbons (Fsp3) is 0.176. The van der Waals surface area contributed by atoms with Crippen LogP contribution in [-0.4, -0.2) is 5.91 Å². The van der Waals surface area contributed by atoms with E-state index in [1.54, 1.807) is 0 Å². The van der Waals surface area contributed by atoms with Crippen LogP contribution in [0, 0.1) is 17.2 Å². The van der Waals surface area contributed by atoms with Crippen molar-refractivity contribution in [1.82, 2.24) is 5.32 Å². The maximum atomic E-state index is 12.1. The molecule has 0 heterocycles. The summed E-state index contributed by atoms with van der Waals surface area (Å²) in [5.41, 5.74) is 1.97. The molecule has 2 rings (SSSR count). The molecular formula is C17H15BrN2O. The van der Waals surface area contributed by atoms with Gasteiger partial charge >= 0.3 is 0 Å². The summed E-state index contributed by atoms with van der Waals surface area (Å²) in [6.45, 7) is 0.410. The Labute approximate surface area is 132 Å². The van der Waals surface area contributed by atoms with Gasteiger partial charge in [0, 0.05) is 11.0 Å². The van der Waals surface area contributed by atoms with Crippen molar-refractivity contribution in [2.75, 3.05) is 0 Å². The van der Waals surface area contributed by atoms with E-state index in [2.05, 4.69) is 27.3 Å². The first-order valence-corrected chi connectivity index (χ1v) is 7.44. The molecule has 0 aromatic heterocycles. The molecule has 1 unspecified atom stereocenters. The molecule has 1 N–H and O–H groups in total. The van der Waals surface area contributed by atoms with Gasteiger partial charge in [-0.25, -0.2) is 0 Å². The average Bonchev–Trinajstić information content (AvgIpc) is 2.52. The summed E-state index contributed by atoms with van der Waals surface area (Å²) < 4.78 is 0.946. The summed E-state index contributed by atoms with van der Waals surface area (Å²) in [5, 5.41) is 12.0. The molecule has 0 aliphatic carbocycles. The van der Waals surface area contributed by atoms with Crippen LogP contribution in [0.15, 0.2) is 59.1 Å².